The Morgan fingerprint density at radius 3 is 2.17 bits per heavy atom. The van der Waals surface area contributed by atoms with E-state index in [0.717, 1.165) is 0 Å². The molecule has 0 atom stereocenters. The van der Waals surface area contributed by atoms with Crippen LogP contribution < -0.4 is 0 Å². The first-order valence-electron chi connectivity index (χ1n) is 1.35. The molecule has 0 N–H and O–H groups in total. The second-order valence-electron chi connectivity index (χ2n) is 0.687. The second kappa shape index (κ2) is 2.33. The molecule has 0 aliphatic carbocycles. The van der Waals surface area contributed by atoms with Crippen LogP contribution in [0.4, 0.5) is 0 Å². The van der Waals surface area contributed by atoms with Crippen molar-refractivity contribution in [2.45, 2.75) is 0 Å². The minimum atomic E-state index is -0.685. The summed E-state index contributed by atoms with van der Waals surface area (Å²) in [6, 6.07) is 0. The summed E-state index contributed by atoms with van der Waals surface area (Å²) in [5.41, 5.74) is 0. The molecule has 0 fully saturated rings. The van der Waals surface area contributed by atoms with E-state index in [9.17, 15) is 9.59 Å². The van der Waals surface area contributed by atoms with Crippen molar-refractivity contribution >= 4 is 12.1 Å². The lowest BCUT2D eigenvalue weighted by atomic mass is 10.4. The number of rotatable bonds is 2. The van der Waals surface area contributed by atoms with E-state index in [2.05, 4.69) is 6.58 Å². The van der Waals surface area contributed by atoms with Gasteiger partial charge in [0.25, 0.3) is 0 Å². The molecule has 1 radical (unpaired) electrons. The van der Waals surface area contributed by atoms with Gasteiger partial charge in [-0.3, -0.25) is 9.59 Å². The molecular weight excluding hydrogens is 80.0 g/mol. The Morgan fingerprint density at radius 2 is 2.17 bits per heavy atom. The number of carbonyl (C=O) groups excluding carboxylic acids is 2. The smallest absolute Gasteiger partial charge is 0.218 e. The van der Waals surface area contributed by atoms with Crippen molar-refractivity contribution in [3.8, 4) is 0 Å². The zero-order valence-electron chi connectivity index (χ0n) is 3.05. The molecule has 0 spiro atoms. The monoisotopic (exact) mass is 83.0 g/mol. The van der Waals surface area contributed by atoms with Crippen molar-refractivity contribution in [3.05, 3.63) is 12.7 Å². The van der Waals surface area contributed by atoms with Gasteiger partial charge in [-0.15, -0.1) is 0 Å². The third-order valence-corrected chi connectivity index (χ3v) is 0.280. The van der Waals surface area contributed by atoms with Crippen LogP contribution in [0.25, 0.3) is 0 Å². The molecule has 0 saturated heterocycles. The highest BCUT2D eigenvalue weighted by Gasteiger charge is 1.82. The van der Waals surface area contributed by atoms with Crippen molar-refractivity contribution in [3.63, 3.8) is 0 Å². The number of aldehydes is 1. The number of allylic oxidation sites excluding steroid dienone is 1. The fourth-order valence-corrected chi connectivity index (χ4v) is 0.0393. The SMILES string of the molecule is [CH]=CC(=O)C=O. The molecule has 2 heteroatoms. The summed E-state index contributed by atoms with van der Waals surface area (Å²) < 4.78 is 0. The van der Waals surface area contributed by atoms with E-state index in [-0.39, 0.29) is 6.29 Å². The van der Waals surface area contributed by atoms with Crippen molar-refractivity contribution in [1.29, 1.82) is 0 Å². The van der Waals surface area contributed by atoms with Gasteiger partial charge in [-0.05, 0) is 6.08 Å². The van der Waals surface area contributed by atoms with Crippen molar-refractivity contribution in [1.82, 2.24) is 0 Å². The molecular formula is C4H3O2. The van der Waals surface area contributed by atoms with Crippen molar-refractivity contribution < 1.29 is 9.59 Å². The standard InChI is InChI=1S/C4H3O2/c1-2-4(6)3-5/h1-3H. The Balaban J connectivity index is 3.52. The highest BCUT2D eigenvalue weighted by molar-refractivity contribution is 6.30. The van der Waals surface area contributed by atoms with Gasteiger partial charge in [0.05, 0.1) is 0 Å². The van der Waals surface area contributed by atoms with Crippen LogP contribution in [0.2, 0.25) is 0 Å². The molecule has 0 saturated carbocycles. The van der Waals surface area contributed by atoms with Gasteiger partial charge in [0.15, 0.2) is 6.29 Å². The molecule has 0 bridgehead atoms. The Kier molecular flexibility index (Phi) is 1.97. The minimum Gasteiger partial charge on any atom is -0.294 e. The van der Waals surface area contributed by atoms with Gasteiger partial charge in [0.1, 0.15) is 0 Å². The van der Waals surface area contributed by atoms with Gasteiger partial charge in [-0.1, -0.05) is 6.58 Å². The molecule has 0 aromatic heterocycles. The number of hydrogen-bond donors (Lipinski definition) is 0. The number of hydrogen-bond acceptors (Lipinski definition) is 2. The van der Waals surface area contributed by atoms with Crippen LogP contribution in [0.15, 0.2) is 6.08 Å². The van der Waals surface area contributed by atoms with Crippen LogP contribution in [0.5, 0.6) is 0 Å². The Hall–Kier alpha value is -0.920. The lowest BCUT2D eigenvalue weighted by Gasteiger charge is -1.62. The average molecular weight is 83.1 g/mol. The van der Waals surface area contributed by atoms with Crippen LogP contribution in [0.1, 0.15) is 0 Å². The van der Waals surface area contributed by atoms with Gasteiger partial charge < -0.3 is 0 Å². The van der Waals surface area contributed by atoms with E-state index in [1.54, 1.807) is 0 Å². The van der Waals surface area contributed by atoms with Gasteiger partial charge in [0, 0.05) is 0 Å². The fraction of sp³-hybridized carbons (Fsp3) is 0. The Labute approximate surface area is 35.5 Å². The van der Waals surface area contributed by atoms with E-state index < -0.39 is 5.78 Å². The van der Waals surface area contributed by atoms with Crippen LogP contribution in [-0.2, 0) is 9.59 Å². The first-order chi connectivity index (χ1) is 2.81. The molecule has 0 aliphatic heterocycles. The molecule has 0 aromatic rings. The van der Waals surface area contributed by atoms with Crippen LogP contribution >= 0.6 is 0 Å². The molecule has 6 heavy (non-hydrogen) atoms. The second-order valence-corrected chi connectivity index (χ2v) is 0.687. The lowest BCUT2D eigenvalue weighted by Crippen LogP contribution is -1.88. The maximum atomic E-state index is 9.63. The van der Waals surface area contributed by atoms with Crippen molar-refractivity contribution in [2.75, 3.05) is 0 Å². The topological polar surface area (TPSA) is 34.1 Å². The zero-order chi connectivity index (χ0) is 4.99. The maximum Gasteiger partial charge on any atom is 0.218 e. The third kappa shape index (κ3) is 1.40. The summed E-state index contributed by atoms with van der Waals surface area (Å²) in [5, 5.41) is 0. The van der Waals surface area contributed by atoms with Gasteiger partial charge in [-0.25, -0.2) is 0 Å². The summed E-state index contributed by atoms with van der Waals surface area (Å²) in [6.45, 7) is 4.58. The van der Waals surface area contributed by atoms with Crippen LogP contribution in [0.3, 0.4) is 0 Å². The van der Waals surface area contributed by atoms with Gasteiger partial charge >= 0.3 is 0 Å². The normalized spacial score (nSPS) is 6.67. The summed E-state index contributed by atoms with van der Waals surface area (Å²) in [4.78, 5) is 18.9. The molecule has 2 nitrogen and oxygen atoms in total. The molecule has 0 amide bonds. The first-order valence-corrected chi connectivity index (χ1v) is 1.35. The van der Waals surface area contributed by atoms with Crippen LogP contribution in [-0.4, -0.2) is 12.1 Å². The Bertz CT molecular complexity index is 73.5. The summed E-state index contributed by atoms with van der Waals surface area (Å²) in [7, 11) is 0. The maximum absolute atomic E-state index is 9.63. The first kappa shape index (κ1) is 5.08. The van der Waals surface area contributed by atoms with Gasteiger partial charge in [0.2, 0.25) is 5.78 Å². The van der Waals surface area contributed by atoms with E-state index >= 15 is 0 Å². The summed E-state index contributed by atoms with van der Waals surface area (Å²) in [6.07, 6.45) is 0.868. The molecule has 0 heterocycles. The van der Waals surface area contributed by atoms with E-state index in [4.69, 9.17) is 0 Å². The number of ketones is 1. The molecule has 0 unspecified atom stereocenters. The lowest BCUT2D eigenvalue weighted by molar-refractivity contribution is -0.126. The summed E-state index contributed by atoms with van der Waals surface area (Å²) in [5.74, 6) is -0.685. The quantitative estimate of drug-likeness (QED) is 0.262. The predicted octanol–water partition coefficient (Wildman–Crippen LogP) is -0.256. The van der Waals surface area contributed by atoms with E-state index in [1.807, 2.05) is 0 Å². The summed E-state index contributed by atoms with van der Waals surface area (Å²) >= 11 is 0. The van der Waals surface area contributed by atoms with E-state index in [1.165, 1.54) is 0 Å². The van der Waals surface area contributed by atoms with Crippen molar-refractivity contribution in [2.24, 2.45) is 0 Å². The molecule has 0 aromatic carbocycles. The molecule has 0 aliphatic rings. The highest BCUT2D eigenvalue weighted by Crippen LogP contribution is 1.58. The fourth-order valence-electron chi connectivity index (χ4n) is 0.0393. The third-order valence-electron chi connectivity index (χ3n) is 0.280. The van der Waals surface area contributed by atoms with Gasteiger partial charge in [-0.2, -0.15) is 0 Å². The minimum absolute atomic E-state index is 0.153. The molecule has 0 rings (SSSR count). The predicted molar refractivity (Wildman–Crippen MR) is 19.9 cm³/mol. The average Bonchev–Trinajstić information content (AvgIpc) is 1.65. The Morgan fingerprint density at radius 1 is 1.67 bits per heavy atom. The highest BCUT2D eigenvalue weighted by atomic mass is 16.2. The zero-order valence-corrected chi connectivity index (χ0v) is 3.05. The van der Waals surface area contributed by atoms with E-state index in [0.29, 0.717) is 6.08 Å². The van der Waals surface area contributed by atoms with Crippen LogP contribution in [0, 0.1) is 6.58 Å². The largest absolute Gasteiger partial charge is 0.294 e. The number of carbonyl (C=O) groups is 2. The molecule has 31 valence electrons.